The van der Waals surface area contributed by atoms with Crippen molar-refractivity contribution in [3.05, 3.63) is 89.2 Å². The number of hydrogen-bond acceptors (Lipinski definition) is 5. The summed E-state index contributed by atoms with van der Waals surface area (Å²) < 4.78 is 1.58. The summed E-state index contributed by atoms with van der Waals surface area (Å²) in [7, 11) is 0. The van der Waals surface area contributed by atoms with Crippen molar-refractivity contribution in [2.75, 3.05) is 0 Å². The first kappa shape index (κ1) is 24.9. The molecule has 1 saturated carbocycles. The Kier molecular flexibility index (Phi) is 7.75. The average Bonchev–Trinajstić information content (AvgIpc) is 3.33. The van der Waals surface area contributed by atoms with Gasteiger partial charge in [0.25, 0.3) is 0 Å². The first-order chi connectivity index (χ1) is 18.1. The molecule has 2 heterocycles. The maximum atomic E-state index is 13.9. The van der Waals surface area contributed by atoms with E-state index in [0.717, 1.165) is 36.8 Å². The second-order valence-corrected chi connectivity index (χ2v) is 9.85. The van der Waals surface area contributed by atoms with E-state index in [1.807, 2.05) is 48.5 Å². The van der Waals surface area contributed by atoms with Gasteiger partial charge in [0.1, 0.15) is 18.1 Å². The van der Waals surface area contributed by atoms with Gasteiger partial charge in [-0.15, -0.1) is 5.10 Å². The Labute approximate surface area is 220 Å². The molecule has 0 spiro atoms. The number of pyridine rings is 1. The molecule has 9 heteroatoms. The summed E-state index contributed by atoms with van der Waals surface area (Å²) in [5, 5.41) is 12.2. The van der Waals surface area contributed by atoms with Crippen LogP contribution in [0.3, 0.4) is 0 Å². The van der Waals surface area contributed by atoms with E-state index in [2.05, 4.69) is 20.6 Å². The fraction of sp³-hybridized carbons (Fsp3) is 0.321. The Bertz CT molecular complexity index is 1350. The molecule has 1 N–H and O–H groups in total. The third-order valence-electron chi connectivity index (χ3n) is 6.80. The van der Waals surface area contributed by atoms with Crippen molar-refractivity contribution < 1.29 is 9.59 Å². The van der Waals surface area contributed by atoms with Gasteiger partial charge in [0.2, 0.25) is 11.8 Å². The number of nitrogens with zero attached hydrogens (tertiary/aromatic N) is 5. The van der Waals surface area contributed by atoms with Crippen molar-refractivity contribution in [3.63, 3.8) is 0 Å². The SMILES string of the molecule is O=C(NC1CCCCC1)C(c1ccc(Cl)cc1)N(Cc1cccnc1)C(=O)Cn1nnc2ccccc21. The van der Waals surface area contributed by atoms with Crippen molar-refractivity contribution in [3.8, 4) is 0 Å². The average molecular weight is 517 g/mol. The van der Waals surface area contributed by atoms with Crippen LogP contribution in [-0.2, 0) is 22.7 Å². The molecule has 1 aliphatic rings. The lowest BCUT2D eigenvalue weighted by Crippen LogP contribution is -2.47. The van der Waals surface area contributed by atoms with Crippen LogP contribution in [0.1, 0.15) is 49.3 Å². The van der Waals surface area contributed by atoms with Crippen LogP contribution in [0.4, 0.5) is 0 Å². The van der Waals surface area contributed by atoms with Crippen LogP contribution in [-0.4, -0.2) is 42.7 Å². The van der Waals surface area contributed by atoms with Crippen LogP contribution in [0.15, 0.2) is 73.1 Å². The maximum Gasteiger partial charge on any atom is 0.247 e. The Morgan fingerprint density at radius 2 is 1.81 bits per heavy atom. The Balaban J connectivity index is 1.50. The molecule has 1 aliphatic carbocycles. The summed E-state index contributed by atoms with van der Waals surface area (Å²) in [6.07, 6.45) is 8.65. The van der Waals surface area contributed by atoms with Gasteiger partial charge in [-0.3, -0.25) is 14.6 Å². The van der Waals surface area contributed by atoms with Crippen molar-refractivity contribution in [2.24, 2.45) is 0 Å². The van der Waals surface area contributed by atoms with Crippen molar-refractivity contribution in [2.45, 2.75) is 57.3 Å². The third kappa shape index (κ3) is 5.97. The van der Waals surface area contributed by atoms with Gasteiger partial charge in [-0.25, -0.2) is 4.68 Å². The van der Waals surface area contributed by atoms with Crippen LogP contribution in [0.25, 0.3) is 11.0 Å². The monoisotopic (exact) mass is 516 g/mol. The van der Waals surface area contributed by atoms with Gasteiger partial charge in [0.05, 0.1) is 5.52 Å². The minimum absolute atomic E-state index is 0.0540. The zero-order chi connectivity index (χ0) is 25.6. The molecule has 2 aromatic carbocycles. The van der Waals surface area contributed by atoms with Gasteiger partial charge in [-0.05, 0) is 54.3 Å². The molecule has 2 amide bonds. The minimum atomic E-state index is -0.846. The zero-order valence-electron chi connectivity index (χ0n) is 20.5. The quantitative estimate of drug-likeness (QED) is 0.366. The van der Waals surface area contributed by atoms with Crippen LogP contribution >= 0.6 is 11.6 Å². The summed E-state index contributed by atoms with van der Waals surface area (Å²) in [6.45, 7) is 0.159. The second kappa shape index (κ2) is 11.5. The van der Waals surface area contributed by atoms with Crippen LogP contribution in [0, 0.1) is 0 Å². The van der Waals surface area contributed by atoms with E-state index in [1.165, 1.54) is 6.42 Å². The molecule has 2 aromatic heterocycles. The van der Waals surface area contributed by atoms with Crippen LogP contribution < -0.4 is 5.32 Å². The van der Waals surface area contributed by atoms with Crippen molar-refractivity contribution >= 4 is 34.4 Å². The van der Waals surface area contributed by atoms with Gasteiger partial charge in [-0.1, -0.05) is 66.4 Å². The lowest BCUT2D eigenvalue weighted by Gasteiger charge is -2.33. The number of para-hydroxylation sites is 1. The first-order valence-corrected chi connectivity index (χ1v) is 13.0. The van der Waals surface area contributed by atoms with Gasteiger partial charge >= 0.3 is 0 Å². The highest BCUT2D eigenvalue weighted by atomic mass is 35.5. The molecule has 0 radical (unpaired) electrons. The molecule has 5 rings (SSSR count). The topological polar surface area (TPSA) is 93.0 Å². The van der Waals surface area contributed by atoms with E-state index in [-0.39, 0.29) is 30.9 Å². The number of nitrogens with one attached hydrogen (secondary N) is 1. The normalized spacial score (nSPS) is 14.8. The number of fused-ring (bicyclic) bond motifs is 1. The summed E-state index contributed by atoms with van der Waals surface area (Å²) in [4.78, 5) is 33.6. The molecule has 1 unspecified atom stereocenters. The molecule has 1 fully saturated rings. The van der Waals surface area contributed by atoms with E-state index in [4.69, 9.17) is 11.6 Å². The van der Waals surface area contributed by atoms with E-state index >= 15 is 0 Å². The zero-order valence-corrected chi connectivity index (χ0v) is 21.2. The fourth-order valence-corrected chi connectivity index (χ4v) is 5.04. The van der Waals surface area contributed by atoms with Crippen molar-refractivity contribution in [1.29, 1.82) is 0 Å². The summed E-state index contributed by atoms with van der Waals surface area (Å²) in [5.41, 5.74) is 2.98. The smallest absolute Gasteiger partial charge is 0.247 e. The van der Waals surface area contributed by atoms with Gasteiger partial charge in [0, 0.05) is 30.0 Å². The van der Waals surface area contributed by atoms with Crippen molar-refractivity contribution in [1.82, 2.24) is 30.2 Å². The maximum absolute atomic E-state index is 13.9. The van der Waals surface area contributed by atoms with E-state index < -0.39 is 6.04 Å². The number of aromatic nitrogens is 4. The molecular formula is C28H29ClN6O2. The number of benzene rings is 2. The lowest BCUT2D eigenvalue weighted by atomic mass is 9.94. The number of carbonyl (C=O) groups excluding carboxylic acids is 2. The number of amides is 2. The fourth-order valence-electron chi connectivity index (χ4n) is 4.91. The standard InChI is InChI=1S/C28H29ClN6O2/c29-22-14-12-21(13-15-22)27(28(37)31-23-8-2-1-3-9-23)34(18-20-7-6-16-30-17-20)26(36)19-35-25-11-5-4-10-24(25)32-33-35/h4-7,10-17,23,27H,1-3,8-9,18-19H2,(H,31,37). The number of halogens is 1. The molecule has 190 valence electrons. The number of rotatable bonds is 8. The van der Waals surface area contributed by atoms with Gasteiger partial charge < -0.3 is 10.2 Å². The van der Waals surface area contributed by atoms with Crippen LogP contribution in [0.5, 0.6) is 0 Å². The predicted octanol–water partition coefficient (Wildman–Crippen LogP) is 4.70. The third-order valence-corrected chi connectivity index (χ3v) is 7.05. The van der Waals surface area contributed by atoms with Crippen LogP contribution in [0.2, 0.25) is 5.02 Å². The van der Waals surface area contributed by atoms with Gasteiger partial charge in [-0.2, -0.15) is 0 Å². The molecule has 1 atom stereocenters. The summed E-state index contributed by atoms with van der Waals surface area (Å²) in [6, 6.07) is 17.6. The van der Waals surface area contributed by atoms with E-state index in [9.17, 15) is 9.59 Å². The number of hydrogen-bond donors (Lipinski definition) is 1. The highest BCUT2D eigenvalue weighted by Gasteiger charge is 2.33. The number of carbonyl (C=O) groups is 2. The molecular weight excluding hydrogens is 488 g/mol. The minimum Gasteiger partial charge on any atom is -0.351 e. The lowest BCUT2D eigenvalue weighted by molar-refractivity contribution is -0.142. The predicted molar refractivity (Wildman–Crippen MR) is 142 cm³/mol. The second-order valence-electron chi connectivity index (χ2n) is 9.42. The molecule has 0 bridgehead atoms. The summed E-state index contributed by atoms with van der Waals surface area (Å²) in [5.74, 6) is -0.451. The molecule has 4 aromatic rings. The molecule has 8 nitrogen and oxygen atoms in total. The van der Waals surface area contributed by atoms with E-state index in [0.29, 0.717) is 16.1 Å². The molecule has 0 saturated heterocycles. The van der Waals surface area contributed by atoms with E-state index in [1.54, 1.807) is 34.1 Å². The molecule has 0 aliphatic heterocycles. The Hall–Kier alpha value is -3.78. The molecule has 37 heavy (non-hydrogen) atoms. The Morgan fingerprint density at radius 3 is 2.57 bits per heavy atom. The van der Waals surface area contributed by atoms with Gasteiger partial charge in [0.15, 0.2) is 0 Å². The highest BCUT2D eigenvalue weighted by Crippen LogP contribution is 2.27. The largest absolute Gasteiger partial charge is 0.351 e. The highest BCUT2D eigenvalue weighted by molar-refractivity contribution is 6.30. The first-order valence-electron chi connectivity index (χ1n) is 12.6. The Morgan fingerprint density at radius 1 is 1.03 bits per heavy atom. The summed E-state index contributed by atoms with van der Waals surface area (Å²) >= 11 is 6.17.